The molecule has 86 valence electrons. The van der Waals surface area contributed by atoms with Crippen molar-refractivity contribution in [2.75, 3.05) is 7.11 Å². The molecule has 0 saturated heterocycles. The van der Waals surface area contributed by atoms with E-state index in [9.17, 15) is 4.91 Å². The van der Waals surface area contributed by atoms with Gasteiger partial charge in [-0.05, 0) is 13.3 Å². The Labute approximate surface area is 97.9 Å². The van der Waals surface area contributed by atoms with Crippen molar-refractivity contribution in [3.8, 4) is 6.07 Å². The summed E-state index contributed by atoms with van der Waals surface area (Å²) >= 11 is 0. The first-order valence-corrected chi connectivity index (χ1v) is 5.19. The quantitative estimate of drug-likeness (QED) is 0.747. The van der Waals surface area contributed by atoms with Gasteiger partial charge in [-0.15, -0.1) is 0 Å². The summed E-state index contributed by atoms with van der Waals surface area (Å²) in [5, 5.41) is 10.7. The zero-order chi connectivity index (χ0) is 12.4. The van der Waals surface area contributed by atoms with Crippen molar-refractivity contribution in [1.82, 2.24) is 4.98 Å². The van der Waals surface area contributed by atoms with Crippen molar-refractivity contribution in [3.05, 3.63) is 38.5 Å². The summed E-state index contributed by atoms with van der Waals surface area (Å²) in [6.07, 6.45) is 5.95. The molecular weight excluding hydrogens is 218 g/mol. The minimum Gasteiger partial charge on any atom is -0.357 e. The fourth-order valence-corrected chi connectivity index (χ4v) is 1.88. The zero-order valence-electron chi connectivity index (χ0n) is 9.65. The Morgan fingerprint density at radius 2 is 2.29 bits per heavy atom. The molecule has 1 N–H and O–H groups in total. The van der Waals surface area contributed by atoms with Gasteiger partial charge in [0, 0.05) is 23.1 Å². The van der Waals surface area contributed by atoms with Crippen LogP contribution in [0, 0.1) is 23.2 Å². The minimum atomic E-state index is 0.424. The van der Waals surface area contributed by atoms with Gasteiger partial charge in [0.25, 0.3) is 4.92 Å². The second-order valence-electron chi connectivity index (χ2n) is 3.72. The van der Waals surface area contributed by atoms with Gasteiger partial charge in [0.2, 0.25) is 0 Å². The first-order chi connectivity index (χ1) is 8.17. The van der Waals surface area contributed by atoms with E-state index in [4.69, 9.17) is 5.26 Å². The van der Waals surface area contributed by atoms with Crippen molar-refractivity contribution >= 4 is 12.2 Å². The monoisotopic (exact) mass is 230 g/mol. The maximum Gasteiger partial charge on any atom is 0.315 e. The van der Waals surface area contributed by atoms with Crippen LogP contribution in [0.1, 0.15) is 17.7 Å². The van der Waals surface area contributed by atoms with Gasteiger partial charge in [0.05, 0.1) is 15.8 Å². The van der Waals surface area contributed by atoms with Crippen LogP contribution in [-0.2, 0) is 4.84 Å². The van der Waals surface area contributed by atoms with Crippen molar-refractivity contribution in [2.45, 2.75) is 13.3 Å². The third kappa shape index (κ3) is 1.85. The third-order valence-electron chi connectivity index (χ3n) is 2.69. The van der Waals surface area contributed by atoms with Crippen LogP contribution in [0.2, 0.25) is 0 Å². The topological polar surface area (TPSA) is 68.9 Å². The number of nitriles is 1. The number of fused-ring (bicyclic) bond motifs is 1. The van der Waals surface area contributed by atoms with Crippen LogP contribution in [0.15, 0.2) is 11.8 Å². The van der Waals surface area contributed by atoms with Crippen LogP contribution in [0.25, 0.3) is 12.2 Å². The lowest BCUT2D eigenvalue weighted by atomic mass is 10.2. The maximum absolute atomic E-state index is 11.4. The van der Waals surface area contributed by atoms with E-state index in [1.165, 1.54) is 7.11 Å². The first-order valence-electron chi connectivity index (χ1n) is 5.19. The molecule has 1 aromatic rings. The number of hydrogen-bond donors (Lipinski definition) is 1. The summed E-state index contributed by atoms with van der Waals surface area (Å²) in [6, 6.07) is 2.16. The number of allylic oxidation sites excluding steroid dienone is 2. The number of aromatic amines is 1. The summed E-state index contributed by atoms with van der Waals surface area (Å²) in [4.78, 5) is 19.5. The molecule has 0 atom stereocenters. The second kappa shape index (κ2) is 4.26. The van der Waals surface area contributed by atoms with Crippen molar-refractivity contribution in [2.24, 2.45) is 0 Å². The second-order valence-corrected chi connectivity index (χ2v) is 3.72. The number of hydrogen-bond acceptors (Lipinski definition) is 3. The number of aromatic nitrogens is 1. The van der Waals surface area contributed by atoms with Crippen LogP contribution in [0.4, 0.5) is 0 Å². The van der Waals surface area contributed by atoms with Gasteiger partial charge in [-0.25, -0.2) is 4.84 Å². The molecule has 0 spiro atoms. The van der Waals surface area contributed by atoms with E-state index in [1.54, 1.807) is 12.2 Å². The van der Waals surface area contributed by atoms with E-state index in [0.717, 1.165) is 16.3 Å². The average Bonchev–Trinajstić information content (AvgIpc) is 2.50. The van der Waals surface area contributed by atoms with Crippen LogP contribution in [0.3, 0.4) is 0 Å². The van der Waals surface area contributed by atoms with Crippen molar-refractivity contribution in [1.29, 1.82) is 5.26 Å². The fourth-order valence-electron chi connectivity index (χ4n) is 1.88. The summed E-state index contributed by atoms with van der Waals surface area (Å²) in [5.74, 6) is 0. The van der Waals surface area contributed by atoms with E-state index in [2.05, 4.69) is 15.9 Å². The molecule has 0 fully saturated rings. The fraction of sp³-hybridized carbons (Fsp3) is 0.250. The van der Waals surface area contributed by atoms with Gasteiger partial charge in [-0.2, -0.15) is 5.26 Å². The van der Waals surface area contributed by atoms with Gasteiger partial charge in [-0.1, -0.05) is 6.08 Å². The Balaban J connectivity index is 2.65. The van der Waals surface area contributed by atoms with Gasteiger partial charge in [-0.3, -0.25) is 0 Å². The molecule has 2 rings (SSSR count). The lowest BCUT2D eigenvalue weighted by Crippen LogP contribution is -2.24. The normalized spacial score (nSPS) is 13.4. The Morgan fingerprint density at radius 3 is 2.94 bits per heavy atom. The molecular formula is C12H12N3O2+. The molecule has 0 aliphatic heterocycles. The molecule has 5 heteroatoms. The third-order valence-corrected chi connectivity index (χ3v) is 2.69. The molecule has 1 aliphatic carbocycles. The molecule has 1 heterocycles. The summed E-state index contributed by atoms with van der Waals surface area (Å²) in [6.45, 7) is 1.84. The molecule has 0 amide bonds. The van der Waals surface area contributed by atoms with Crippen LogP contribution in [-0.4, -0.2) is 17.0 Å². The van der Waals surface area contributed by atoms with Crippen molar-refractivity contribution < 1.29 is 9.76 Å². The van der Waals surface area contributed by atoms with Gasteiger partial charge >= 0.3 is 5.70 Å². The molecule has 0 aromatic carbocycles. The Bertz CT molecular complexity index is 659. The van der Waals surface area contributed by atoms with Gasteiger partial charge in [0.1, 0.15) is 6.07 Å². The molecule has 0 radical (unpaired) electrons. The highest BCUT2D eigenvalue weighted by atomic mass is 16.8. The summed E-state index contributed by atoms with van der Waals surface area (Å²) < 4.78 is 0. The highest BCUT2D eigenvalue weighted by molar-refractivity contribution is 5.51. The molecule has 5 nitrogen and oxygen atoms in total. The number of nitrogens with one attached hydrogen (secondary N) is 1. The zero-order valence-corrected chi connectivity index (χ0v) is 9.65. The van der Waals surface area contributed by atoms with Gasteiger partial charge in [0.15, 0.2) is 7.11 Å². The number of rotatable bonds is 2. The predicted molar refractivity (Wildman–Crippen MR) is 61.8 cm³/mol. The molecule has 1 aromatic heterocycles. The molecule has 0 saturated carbocycles. The SMILES string of the molecule is CO[N+](=O)C1=CCC=c2c(C#N)c(C)[nH]c2=C1. The Hall–Kier alpha value is -2.35. The minimum absolute atomic E-state index is 0.424. The lowest BCUT2D eigenvalue weighted by molar-refractivity contribution is -0.756. The molecule has 0 unspecified atom stereocenters. The van der Waals surface area contributed by atoms with E-state index in [0.29, 0.717) is 22.6 Å². The van der Waals surface area contributed by atoms with E-state index >= 15 is 0 Å². The number of H-pyrrole nitrogens is 1. The maximum atomic E-state index is 11.4. The number of nitrogens with zero attached hydrogens (tertiary/aromatic N) is 2. The lowest BCUT2D eigenvalue weighted by Gasteiger charge is -1.86. The molecule has 1 aliphatic rings. The smallest absolute Gasteiger partial charge is 0.315 e. The molecule has 17 heavy (non-hydrogen) atoms. The highest BCUT2D eigenvalue weighted by Gasteiger charge is 2.18. The Kier molecular flexibility index (Phi) is 2.79. The summed E-state index contributed by atoms with van der Waals surface area (Å²) in [5.41, 5.74) is 1.86. The van der Waals surface area contributed by atoms with Crippen molar-refractivity contribution in [3.63, 3.8) is 0 Å². The predicted octanol–water partition coefficient (Wildman–Crippen LogP) is 0.384. The average molecular weight is 230 g/mol. The van der Waals surface area contributed by atoms with Crippen LogP contribution in [0.5, 0.6) is 0 Å². The van der Waals surface area contributed by atoms with Gasteiger partial charge < -0.3 is 4.98 Å². The summed E-state index contributed by atoms with van der Waals surface area (Å²) in [7, 11) is 1.32. The number of aryl methyl sites for hydroxylation is 1. The van der Waals surface area contributed by atoms with E-state index in [1.807, 2.05) is 13.0 Å². The van der Waals surface area contributed by atoms with Crippen LogP contribution < -0.4 is 10.6 Å². The van der Waals surface area contributed by atoms with E-state index < -0.39 is 0 Å². The Morgan fingerprint density at radius 1 is 1.53 bits per heavy atom. The highest BCUT2D eigenvalue weighted by Crippen LogP contribution is 2.05. The largest absolute Gasteiger partial charge is 0.357 e. The first kappa shape index (κ1) is 11.1. The van der Waals surface area contributed by atoms with E-state index in [-0.39, 0.29) is 0 Å². The van der Waals surface area contributed by atoms with Crippen LogP contribution >= 0.6 is 0 Å². The molecule has 0 bridgehead atoms. The standard InChI is InChI=1S/C12H12N3O2/c1-8-11(7-13)10-5-3-4-9(15(16)17-2)6-12(10)14-8/h4-6,14H,3H2,1-2H3/q+1.